The third-order valence-corrected chi connectivity index (χ3v) is 7.28. The molecule has 39 heavy (non-hydrogen) atoms. The Morgan fingerprint density at radius 2 is 2.00 bits per heavy atom. The van der Waals surface area contributed by atoms with Gasteiger partial charge in [0.1, 0.15) is 17.8 Å². The van der Waals surface area contributed by atoms with Gasteiger partial charge in [-0.2, -0.15) is 22.7 Å². The van der Waals surface area contributed by atoms with Crippen LogP contribution in [0.25, 0.3) is 17.3 Å². The SMILES string of the molecule is O=C(Cn1c2c(c(=O)n3nc(-c4ccccn4)nc13)C1(CCNCC1)OC2)Nc1ccc(C(F)(F)F)cc1Cl. The second kappa shape index (κ2) is 9.43. The molecule has 2 aliphatic rings. The van der Waals surface area contributed by atoms with Crippen LogP contribution >= 0.6 is 11.6 Å². The lowest BCUT2D eigenvalue weighted by molar-refractivity contribution is -0.137. The monoisotopic (exact) mass is 559 g/mol. The van der Waals surface area contributed by atoms with Gasteiger partial charge in [-0.25, -0.2) is 0 Å². The van der Waals surface area contributed by atoms with E-state index in [4.69, 9.17) is 16.3 Å². The van der Waals surface area contributed by atoms with Crippen molar-refractivity contribution in [1.29, 1.82) is 0 Å². The zero-order valence-electron chi connectivity index (χ0n) is 20.3. The van der Waals surface area contributed by atoms with Gasteiger partial charge in [0, 0.05) is 6.20 Å². The van der Waals surface area contributed by atoms with Gasteiger partial charge in [-0.05, 0) is 56.3 Å². The molecular formula is C25H21ClF3N7O3. The molecule has 0 atom stereocenters. The number of carbonyl (C=O) groups is 1. The first-order valence-corrected chi connectivity index (χ1v) is 12.5. The summed E-state index contributed by atoms with van der Waals surface area (Å²) in [4.78, 5) is 35.7. The van der Waals surface area contributed by atoms with E-state index in [1.54, 1.807) is 29.0 Å². The Kier molecular flexibility index (Phi) is 6.16. The van der Waals surface area contributed by atoms with Crippen LogP contribution in [0.4, 0.5) is 18.9 Å². The lowest BCUT2D eigenvalue weighted by Gasteiger charge is -2.33. The number of halogens is 4. The predicted octanol–water partition coefficient (Wildman–Crippen LogP) is 3.37. The molecule has 1 saturated heterocycles. The van der Waals surface area contributed by atoms with Crippen LogP contribution in [0.15, 0.2) is 47.4 Å². The minimum atomic E-state index is -4.57. The van der Waals surface area contributed by atoms with Gasteiger partial charge >= 0.3 is 6.18 Å². The van der Waals surface area contributed by atoms with E-state index in [1.807, 2.05) is 0 Å². The van der Waals surface area contributed by atoms with E-state index in [0.29, 0.717) is 42.9 Å². The zero-order chi connectivity index (χ0) is 27.4. The molecule has 5 heterocycles. The summed E-state index contributed by atoms with van der Waals surface area (Å²) in [5.74, 6) is -0.266. The molecule has 4 aromatic rings. The normalized spacial score (nSPS) is 16.5. The number of piperidine rings is 1. The van der Waals surface area contributed by atoms with Crippen LogP contribution in [-0.4, -0.2) is 43.1 Å². The van der Waals surface area contributed by atoms with Crippen LogP contribution in [0.1, 0.15) is 29.7 Å². The van der Waals surface area contributed by atoms with Gasteiger partial charge in [-0.3, -0.25) is 14.6 Å². The van der Waals surface area contributed by atoms with Gasteiger partial charge in [0.05, 0.1) is 34.1 Å². The highest BCUT2D eigenvalue weighted by Gasteiger charge is 2.46. The standard InChI is InChI=1S/C25H21ClF3N7O3/c26-15-11-14(25(27,28)29)4-5-16(15)32-19(37)12-35-18-13-39-24(6-9-30-10-7-24)20(18)22(38)36-23(35)33-21(34-36)17-3-1-2-8-31-17/h1-5,8,11,30H,6-7,9-10,12-13H2,(H,32,37). The number of hydrogen-bond donors (Lipinski definition) is 2. The molecule has 0 radical (unpaired) electrons. The maximum Gasteiger partial charge on any atom is 0.416 e. The average Bonchev–Trinajstić information content (AvgIpc) is 3.51. The molecule has 202 valence electrons. The predicted molar refractivity (Wildman–Crippen MR) is 134 cm³/mol. The molecule has 2 aliphatic heterocycles. The highest BCUT2D eigenvalue weighted by molar-refractivity contribution is 6.33. The molecule has 0 aliphatic carbocycles. The van der Waals surface area contributed by atoms with Gasteiger partial charge in [-0.1, -0.05) is 17.7 Å². The number of nitrogens with zero attached hydrogens (tertiary/aromatic N) is 5. The minimum absolute atomic E-state index is 0.0186. The Hall–Kier alpha value is -3.81. The Morgan fingerprint density at radius 1 is 1.21 bits per heavy atom. The van der Waals surface area contributed by atoms with Crippen LogP contribution in [-0.2, 0) is 34.5 Å². The topological polar surface area (TPSA) is 115 Å². The first-order chi connectivity index (χ1) is 18.7. The number of nitrogens with one attached hydrogen (secondary N) is 2. The number of ether oxygens (including phenoxy) is 1. The number of amides is 1. The summed E-state index contributed by atoms with van der Waals surface area (Å²) < 4.78 is 48.0. The highest BCUT2D eigenvalue weighted by atomic mass is 35.5. The van der Waals surface area contributed by atoms with Crippen molar-refractivity contribution in [2.24, 2.45) is 0 Å². The van der Waals surface area contributed by atoms with E-state index >= 15 is 0 Å². The van der Waals surface area contributed by atoms with Gasteiger partial charge in [0.2, 0.25) is 17.5 Å². The quantitative estimate of drug-likeness (QED) is 0.394. The fourth-order valence-electron chi connectivity index (χ4n) is 5.11. The Labute approximate surface area is 223 Å². The van der Waals surface area contributed by atoms with Crippen molar-refractivity contribution in [3.63, 3.8) is 0 Å². The third kappa shape index (κ3) is 4.45. The molecule has 1 aromatic carbocycles. The first kappa shape index (κ1) is 25.5. The maximum absolute atomic E-state index is 13.7. The second-order valence-electron chi connectivity index (χ2n) is 9.35. The molecule has 10 nitrogen and oxygen atoms in total. The summed E-state index contributed by atoms with van der Waals surface area (Å²) in [6.07, 6.45) is -1.87. The first-order valence-electron chi connectivity index (χ1n) is 12.1. The number of benzene rings is 1. The maximum atomic E-state index is 13.7. The van der Waals surface area contributed by atoms with Crippen molar-refractivity contribution in [1.82, 2.24) is 29.5 Å². The largest absolute Gasteiger partial charge is 0.416 e. The number of anilines is 1. The van der Waals surface area contributed by atoms with Crippen LogP contribution in [0.2, 0.25) is 5.02 Å². The number of carbonyl (C=O) groups excluding carboxylic acids is 1. The summed E-state index contributed by atoms with van der Waals surface area (Å²) in [5.41, 5.74) is -0.738. The van der Waals surface area contributed by atoms with Crippen molar-refractivity contribution in [3.8, 4) is 11.5 Å². The number of pyridine rings is 1. The minimum Gasteiger partial charge on any atom is -0.364 e. The molecule has 3 aromatic heterocycles. The van der Waals surface area contributed by atoms with E-state index in [1.165, 1.54) is 0 Å². The van der Waals surface area contributed by atoms with E-state index in [-0.39, 0.29) is 41.0 Å². The van der Waals surface area contributed by atoms with Gasteiger partial charge < -0.3 is 19.9 Å². The van der Waals surface area contributed by atoms with E-state index in [9.17, 15) is 22.8 Å². The summed E-state index contributed by atoms with van der Waals surface area (Å²) in [7, 11) is 0. The lowest BCUT2D eigenvalue weighted by Crippen LogP contribution is -2.43. The summed E-state index contributed by atoms with van der Waals surface area (Å²) in [6.45, 7) is 1.07. The Balaban J connectivity index is 1.43. The number of hydrogen-bond acceptors (Lipinski definition) is 7. The number of alkyl halides is 3. The Bertz CT molecular complexity index is 1650. The third-order valence-electron chi connectivity index (χ3n) is 6.97. The molecule has 1 amide bonds. The van der Waals surface area contributed by atoms with Crippen molar-refractivity contribution in [2.75, 3.05) is 18.4 Å². The summed E-state index contributed by atoms with van der Waals surface area (Å²) >= 11 is 6.04. The van der Waals surface area contributed by atoms with Crippen molar-refractivity contribution in [3.05, 3.63) is 74.8 Å². The van der Waals surface area contributed by atoms with Crippen LogP contribution in [0.3, 0.4) is 0 Å². The molecule has 2 N–H and O–H groups in total. The second-order valence-corrected chi connectivity index (χ2v) is 9.76. The van der Waals surface area contributed by atoms with Crippen molar-refractivity contribution < 1.29 is 22.7 Å². The van der Waals surface area contributed by atoms with E-state index in [2.05, 4.69) is 25.7 Å². The summed E-state index contributed by atoms with van der Waals surface area (Å²) in [6, 6.07) is 7.88. The number of rotatable bonds is 4. The van der Waals surface area contributed by atoms with E-state index in [0.717, 1.165) is 22.7 Å². The molecule has 0 unspecified atom stereocenters. The molecule has 14 heteroatoms. The van der Waals surface area contributed by atoms with E-state index < -0.39 is 23.2 Å². The molecule has 1 spiro atoms. The van der Waals surface area contributed by atoms with Crippen LogP contribution in [0.5, 0.6) is 0 Å². The Morgan fingerprint density at radius 3 is 2.69 bits per heavy atom. The van der Waals surface area contributed by atoms with Crippen molar-refractivity contribution >= 4 is 29.0 Å². The average molecular weight is 560 g/mol. The van der Waals surface area contributed by atoms with Gasteiger partial charge in [0.15, 0.2) is 0 Å². The zero-order valence-corrected chi connectivity index (χ0v) is 21.0. The van der Waals surface area contributed by atoms with Gasteiger partial charge in [0.25, 0.3) is 5.56 Å². The van der Waals surface area contributed by atoms with Crippen LogP contribution in [0, 0.1) is 0 Å². The molecular weight excluding hydrogens is 539 g/mol. The molecule has 1 fully saturated rings. The van der Waals surface area contributed by atoms with Crippen molar-refractivity contribution in [2.45, 2.75) is 37.8 Å². The highest BCUT2D eigenvalue weighted by Crippen LogP contribution is 2.41. The fourth-order valence-corrected chi connectivity index (χ4v) is 5.33. The molecule has 0 bridgehead atoms. The van der Waals surface area contributed by atoms with Gasteiger partial charge in [-0.15, -0.1) is 5.10 Å². The molecule has 6 rings (SSSR count). The smallest absolute Gasteiger partial charge is 0.364 e. The number of aromatic nitrogens is 5. The van der Waals surface area contributed by atoms with Crippen LogP contribution < -0.4 is 16.2 Å². The fraction of sp³-hybridized carbons (Fsp3) is 0.320. The number of fused-ring (bicyclic) bond motifs is 3. The molecule has 0 saturated carbocycles. The summed E-state index contributed by atoms with van der Waals surface area (Å²) in [5, 5.41) is 9.98. The lowest BCUT2D eigenvalue weighted by atomic mass is 9.86.